The van der Waals surface area contributed by atoms with Crippen molar-refractivity contribution in [2.75, 3.05) is 18.6 Å². The Bertz CT molecular complexity index is 867. The number of carbonyl (C=O) groups is 1. The highest BCUT2D eigenvalue weighted by Crippen LogP contribution is 2.22. The lowest BCUT2D eigenvalue weighted by Crippen LogP contribution is -2.42. The van der Waals surface area contributed by atoms with Crippen LogP contribution in [0.5, 0.6) is 0 Å². The number of hydrogen-bond acceptors (Lipinski definition) is 4. The molecule has 0 heterocycles. The molecule has 0 aliphatic heterocycles. The van der Waals surface area contributed by atoms with E-state index < -0.39 is 15.9 Å². The standard InChI is InChI=1S/C17H20ClN3O3S/c1-4-21(14-8-5-12(2)6-9-14)20-17(22)13-7-10-15(18)16(11-13)25(23,24)19-3/h5-11,19H,4H2,1-3H3,(H,20,22). The number of rotatable bonds is 6. The van der Waals surface area contributed by atoms with Crippen molar-refractivity contribution in [1.82, 2.24) is 10.1 Å². The maximum absolute atomic E-state index is 12.5. The molecule has 0 aromatic heterocycles. The maximum atomic E-state index is 12.5. The molecule has 0 atom stereocenters. The molecule has 0 aliphatic carbocycles. The predicted octanol–water partition coefficient (Wildman–Crippen LogP) is 2.73. The van der Waals surface area contributed by atoms with E-state index in [1.807, 2.05) is 38.1 Å². The predicted molar refractivity (Wildman–Crippen MR) is 99.4 cm³/mol. The summed E-state index contributed by atoms with van der Waals surface area (Å²) in [6.07, 6.45) is 0. The Morgan fingerprint density at radius 1 is 1.16 bits per heavy atom. The van der Waals surface area contributed by atoms with Gasteiger partial charge in [0.2, 0.25) is 10.0 Å². The van der Waals surface area contributed by atoms with E-state index in [1.165, 1.54) is 25.2 Å². The van der Waals surface area contributed by atoms with Gasteiger partial charge in [-0.2, -0.15) is 0 Å². The lowest BCUT2D eigenvalue weighted by atomic mass is 10.2. The average molecular weight is 382 g/mol. The minimum Gasteiger partial charge on any atom is -0.286 e. The van der Waals surface area contributed by atoms with Gasteiger partial charge in [0, 0.05) is 12.1 Å². The second kappa shape index (κ2) is 7.86. The number of hydrazine groups is 1. The number of hydrogen-bond donors (Lipinski definition) is 2. The van der Waals surface area contributed by atoms with Crippen LogP contribution >= 0.6 is 11.6 Å². The number of aryl methyl sites for hydroxylation is 1. The lowest BCUT2D eigenvalue weighted by molar-refractivity contribution is 0.0949. The summed E-state index contributed by atoms with van der Waals surface area (Å²) in [4.78, 5) is 12.4. The van der Waals surface area contributed by atoms with E-state index >= 15 is 0 Å². The highest BCUT2D eigenvalue weighted by molar-refractivity contribution is 7.89. The van der Waals surface area contributed by atoms with Gasteiger partial charge < -0.3 is 0 Å². The van der Waals surface area contributed by atoms with Crippen molar-refractivity contribution < 1.29 is 13.2 Å². The fourth-order valence-electron chi connectivity index (χ4n) is 2.20. The summed E-state index contributed by atoms with van der Waals surface area (Å²) < 4.78 is 26.2. The molecule has 0 fully saturated rings. The normalized spacial score (nSPS) is 11.2. The molecule has 0 unspecified atom stereocenters. The monoisotopic (exact) mass is 381 g/mol. The first kappa shape index (κ1) is 19.2. The van der Waals surface area contributed by atoms with Gasteiger partial charge in [-0.1, -0.05) is 29.3 Å². The lowest BCUT2D eigenvalue weighted by Gasteiger charge is -2.24. The fraction of sp³-hybridized carbons (Fsp3) is 0.235. The number of amides is 1. The minimum atomic E-state index is -3.75. The molecule has 8 heteroatoms. The second-order valence-corrected chi connectivity index (χ2v) is 7.64. The van der Waals surface area contributed by atoms with Gasteiger partial charge in [-0.25, -0.2) is 13.1 Å². The molecular weight excluding hydrogens is 362 g/mol. The van der Waals surface area contributed by atoms with E-state index in [9.17, 15) is 13.2 Å². The van der Waals surface area contributed by atoms with Crippen LogP contribution in [0.2, 0.25) is 5.02 Å². The summed E-state index contributed by atoms with van der Waals surface area (Å²) in [5, 5.41) is 1.74. The zero-order valence-electron chi connectivity index (χ0n) is 14.2. The van der Waals surface area contributed by atoms with Crippen LogP contribution in [0.15, 0.2) is 47.4 Å². The number of nitrogens with one attached hydrogen (secondary N) is 2. The number of benzene rings is 2. The molecule has 6 nitrogen and oxygen atoms in total. The third-order valence-electron chi connectivity index (χ3n) is 3.65. The molecule has 0 radical (unpaired) electrons. The first-order chi connectivity index (χ1) is 11.8. The van der Waals surface area contributed by atoms with E-state index in [4.69, 9.17) is 11.6 Å². The van der Waals surface area contributed by atoms with Crippen LogP contribution in [-0.4, -0.2) is 27.9 Å². The van der Waals surface area contributed by atoms with Crippen molar-refractivity contribution >= 4 is 33.2 Å². The number of carbonyl (C=O) groups excluding carboxylic acids is 1. The van der Waals surface area contributed by atoms with Crippen molar-refractivity contribution in [2.24, 2.45) is 0 Å². The first-order valence-electron chi connectivity index (χ1n) is 7.66. The number of halogens is 1. The molecule has 2 N–H and O–H groups in total. The van der Waals surface area contributed by atoms with Crippen molar-refractivity contribution in [3.05, 3.63) is 58.6 Å². The van der Waals surface area contributed by atoms with Gasteiger partial charge in [-0.05, 0) is 51.2 Å². The van der Waals surface area contributed by atoms with Crippen molar-refractivity contribution in [1.29, 1.82) is 0 Å². The van der Waals surface area contributed by atoms with E-state index in [2.05, 4.69) is 10.1 Å². The van der Waals surface area contributed by atoms with Gasteiger partial charge in [-0.15, -0.1) is 0 Å². The molecule has 134 valence electrons. The molecule has 0 saturated carbocycles. The highest BCUT2D eigenvalue weighted by atomic mass is 35.5. The highest BCUT2D eigenvalue weighted by Gasteiger charge is 2.19. The van der Waals surface area contributed by atoms with Gasteiger partial charge in [0.25, 0.3) is 5.91 Å². The van der Waals surface area contributed by atoms with Crippen LogP contribution in [0.4, 0.5) is 5.69 Å². The first-order valence-corrected chi connectivity index (χ1v) is 9.53. The van der Waals surface area contributed by atoms with Crippen molar-refractivity contribution in [2.45, 2.75) is 18.7 Å². The molecule has 2 rings (SSSR count). The summed E-state index contributed by atoms with van der Waals surface area (Å²) in [7, 11) is -2.47. The van der Waals surface area contributed by atoms with Gasteiger partial charge in [0.1, 0.15) is 4.90 Å². The third kappa shape index (κ3) is 4.50. The summed E-state index contributed by atoms with van der Waals surface area (Å²) in [6.45, 7) is 4.43. The molecular formula is C17H20ClN3O3S. The summed E-state index contributed by atoms with van der Waals surface area (Å²) in [5.74, 6) is -0.424. The number of nitrogens with zero attached hydrogens (tertiary/aromatic N) is 1. The third-order valence-corrected chi connectivity index (χ3v) is 5.55. The van der Waals surface area contributed by atoms with Crippen LogP contribution < -0.4 is 15.2 Å². The Hall–Kier alpha value is -2.09. The van der Waals surface area contributed by atoms with Crippen molar-refractivity contribution in [3.63, 3.8) is 0 Å². The topological polar surface area (TPSA) is 78.5 Å². The van der Waals surface area contributed by atoms with Gasteiger partial charge >= 0.3 is 0 Å². The molecule has 0 spiro atoms. The molecule has 1 amide bonds. The van der Waals surface area contributed by atoms with E-state index in [0.717, 1.165) is 11.3 Å². The SMILES string of the molecule is CCN(NC(=O)c1ccc(Cl)c(S(=O)(=O)NC)c1)c1ccc(C)cc1. The Labute approximate surface area is 152 Å². The summed E-state index contributed by atoms with van der Waals surface area (Å²) in [5.41, 5.74) is 4.92. The average Bonchev–Trinajstić information content (AvgIpc) is 2.60. The zero-order chi connectivity index (χ0) is 18.6. The number of sulfonamides is 1. The quantitative estimate of drug-likeness (QED) is 0.754. The van der Waals surface area contributed by atoms with Crippen LogP contribution in [-0.2, 0) is 10.0 Å². The maximum Gasteiger partial charge on any atom is 0.269 e. The Kier molecular flexibility index (Phi) is 6.05. The Morgan fingerprint density at radius 2 is 1.80 bits per heavy atom. The summed E-state index contributed by atoms with van der Waals surface area (Å²) in [6, 6.07) is 11.8. The van der Waals surface area contributed by atoms with E-state index in [1.54, 1.807) is 5.01 Å². The van der Waals surface area contributed by atoms with Crippen LogP contribution in [0.25, 0.3) is 0 Å². The summed E-state index contributed by atoms with van der Waals surface area (Å²) >= 11 is 5.95. The number of anilines is 1. The van der Waals surface area contributed by atoms with Crippen LogP contribution in [0.3, 0.4) is 0 Å². The van der Waals surface area contributed by atoms with E-state index in [-0.39, 0.29) is 15.5 Å². The smallest absolute Gasteiger partial charge is 0.269 e. The molecule has 0 saturated heterocycles. The van der Waals surface area contributed by atoms with Crippen molar-refractivity contribution in [3.8, 4) is 0 Å². The van der Waals surface area contributed by atoms with E-state index in [0.29, 0.717) is 6.54 Å². The molecule has 0 aliphatic rings. The Morgan fingerprint density at radius 3 is 2.36 bits per heavy atom. The van der Waals surface area contributed by atoms with Crippen LogP contribution in [0.1, 0.15) is 22.8 Å². The molecule has 0 bridgehead atoms. The Balaban J connectivity index is 2.28. The largest absolute Gasteiger partial charge is 0.286 e. The second-order valence-electron chi connectivity index (χ2n) is 5.37. The van der Waals surface area contributed by atoms with Gasteiger partial charge in [0.15, 0.2) is 0 Å². The van der Waals surface area contributed by atoms with Crippen LogP contribution in [0, 0.1) is 6.92 Å². The molecule has 2 aromatic carbocycles. The fourth-order valence-corrected chi connectivity index (χ4v) is 3.45. The zero-order valence-corrected chi connectivity index (χ0v) is 15.8. The molecule has 2 aromatic rings. The van der Waals surface area contributed by atoms with Gasteiger partial charge in [0.05, 0.1) is 10.7 Å². The van der Waals surface area contributed by atoms with Gasteiger partial charge in [-0.3, -0.25) is 15.2 Å². The molecule has 25 heavy (non-hydrogen) atoms. The minimum absolute atomic E-state index is 0.0526.